The minimum atomic E-state index is -0.570. The van der Waals surface area contributed by atoms with Gasteiger partial charge in [-0.15, -0.1) is 0 Å². The lowest BCUT2D eigenvalue weighted by molar-refractivity contribution is -0.137. The van der Waals surface area contributed by atoms with Crippen molar-refractivity contribution in [1.29, 1.82) is 0 Å². The number of hydrogen-bond donors (Lipinski definition) is 1. The number of benzene rings is 2. The van der Waals surface area contributed by atoms with E-state index in [-0.39, 0.29) is 42.2 Å². The summed E-state index contributed by atoms with van der Waals surface area (Å²) in [6, 6.07) is 13.8. The van der Waals surface area contributed by atoms with Crippen LogP contribution in [0.25, 0.3) is 0 Å². The first kappa shape index (κ1) is 25.8. The van der Waals surface area contributed by atoms with Gasteiger partial charge >= 0.3 is 6.03 Å². The van der Waals surface area contributed by atoms with Crippen LogP contribution in [-0.2, 0) is 15.0 Å². The second-order valence-corrected chi connectivity index (χ2v) is 11.2. The van der Waals surface area contributed by atoms with Gasteiger partial charge in [0.1, 0.15) is 12.4 Å². The molecule has 4 amide bonds. The summed E-state index contributed by atoms with van der Waals surface area (Å²) in [5, 5.41) is 2.95. The molecule has 1 fully saturated rings. The van der Waals surface area contributed by atoms with Crippen LogP contribution >= 0.6 is 0 Å². The van der Waals surface area contributed by atoms with Gasteiger partial charge in [0.25, 0.3) is 5.91 Å². The van der Waals surface area contributed by atoms with Crippen molar-refractivity contribution in [1.82, 2.24) is 20.0 Å². The van der Waals surface area contributed by atoms with E-state index in [0.717, 1.165) is 11.1 Å². The standard InChI is InChI=1S/C29H34FN5O3/c1-29(2,3)20-11-9-19(10-12-20)26-25-23(32(4)28(38)31-26)17-35(27(25)37)18-24(36)34-15-13-33(14-16-34)22-8-6-5-7-21(22)30/h5-12,26H,13-18H2,1-4H3,(H,31,38). The van der Waals surface area contributed by atoms with E-state index in [0.29, 0.717) is 43.1 Å². The average Bonchev–Trinajstić information content (AvgIpc) is 3.22. The number of rotatable bonds is 4. The van der Waals surface area contributed by atoms with Gasteiger partial charge in [0.05, 0.1) is 29.5 Å². The van der Waals surface area contributed by atoms with Crippen LogP contribution in [0.1, 0.15) is 37.9 Å². The van der Waals surface area contributed by atoms with E-state index >= 15 is 0 Å². The second-order valence-electron chi connectivity index (χ2n) is 11.2. The lowest BCUT2D eigenvalue weighted by Gasteiger charge is -2.36. The maximum atomic E-state index is 14.2. The molecule has 5 rings (SSSR count). The third-order valence-corrected chi connectivity index (χ3v) is 7.70. The molecular formula is C29H34FN5O3. The second kappa shape index (κ2) is 9.78. The van der Waals surface area contributed by atoms with Crippen molar-refractivity contribution in [3.8, 4) is 0 Å². The highest BCUT2D eigenvalue weighted by Gasteiger charge is 2.43. The van der Waals surface area contributed by atoms with Crippen LogP contribution in [0.4, 0.5) is 14.9 Å². The molecule has 1 saturated heterocycles. The predicted octanol–water partition coefficient (Wildman–Crippen LogP) is 3.26. The molecule has 3 aliphatic heterocycles. The summed E-state index contributed by atoms with van der Waals surface area (Å²) >= 11 is 0. The average molecular weight is 520 g/mol. The number of urea groups is 1. The summed E-state index contributed by atoms with van der Waals surface area (Å²) in [6.45, 7) is 8.47. The number of carbonyl (C=O) groups is 3. The molecule has 3 heterocycles. The van der Waals surface area contributed by atoms with Gasteiger partial charge in [-0.05, 0) is 28.7 Å². The van der Waals surface area contributed by atoms with Crippen molar-refractivity contribution in [3.05, 3.63) is 76.7 Å². The number of nitrogens with zero attached hydrogens (tertiary/aromatic N) is 4. The fraction of sp³-hybridized carbons (Fsp3) is 0.414. The molecule has 0 bridgehead atoms. The summed E-state index contributed by atoms with van der Waals surface area (Å²) in [6.07, 6.45) is 0. The fourth-order valence-electron chi connectivity index (χ4n) is 5.34. The zero-order valence-electron chi connectivity index (χ0n) is 22.3. The Balaban J connectivity index is 1.27. The largest absolute Gasteiger partial charge is 0.366 e. The first-order valence-corrected chi connectivity index (χ1v) is 13.0. The van der Waals surface area contributed by atoms with Crippen molar-refractivity contribution in [2.45, 2.75) is 32.2 Å². The van der Waals surface area contributed by atoms with Crippen molar-refractivity contribution in [2.75, 3.05) is 51.2 Å². The number of hydrogen-bond acceptors (Lipinski definition) is 4. The summed E-state index contributed by atoms with van der Waals surface area (Å²) in [5.74, 6) is -0.670. The summed E-state index contributed by atoms with van der Waals surface area (Å²) in [4.78, 5) is 46.1. The molecule has 0 aromatic heterocycles. The minimum Gasteiger partial charge on any atom is -0.366 e. The van der Waals surface area contributed by atoms with Crippen LogP contribution in [0.3, 0.4) is 0 Å². The molecule has 1 N–H and O–H groups in total. The molecular weight excluding hydrogens is 485 g/mol. The topological polar surface area (TPSA) is 76.2 Å². The summed E-state index contributed by atoms with van der Waals surface area (Å²) < 4.78 is 14.2. The van der Waals surface area contributed by atoms with Crippen LogP contribution in [-0.4, -0.2) is 78.9 Å². The highest BCUT2D eigenvalue weighted by atomic mass is 19.1. The van der Waals surface area contributed by atoms with E-state index in [1.807, 2.05) is 29.2 Å². The van der Waals surface area contributed by atoms with E-state index in [1.165, 1.54) is 15.9 Å². The van der Waals surface area contributed by atoms with Gasteiger partial charge in [0, 0.05) is 33.2 Å². The lowest BCUT2D eigenvalue weighted by atomic mass is 9.85. The maximum Gasteiger partial charge on any atom is 0.322 e. The number of halogens is 1. The molecule has 2 aromatic carbocycles. The van der Waals surface area contributed by atoms with E-state index in [4.69, 9.17) is 0 Å². The van der Waals surface area contributed by atoms with Crippen LogP contribution in [0.2, 0.25) is 0 Å². The number of anilines is 1. The normalized spacial score (nSPS) is 20.2. The van der Waals surface area contributed by atoms with E-state index in [1.54, 1.807) is 30.1 Å². The van der Waals surface area contributed by atoms with Crippen LogP contribution in [0.15, 0.2) is 59.8 Å². The van der Waals surface area contributed by atoms with Crippen LogP contribution in [0.5, 0.6) is 0 Å². The number of carbonyl (C=O) groups excluding carboxylic acids is 3. The first-order valence-electron chi connectivity index (χ1n) is 13.0. The Morgan fingerprint density at radius 2 is 1.66 bits per heavy atom. The summed E-state index contributed by atoms with van der Waals surface area (Å²) in [7, 11) is 1.64. The molecule has 1 atom stereocenters. The number of para-hydroxylation sites is 1. The van der Waals surface area contributed by atoms with Gasteiger partial charge in [-0.2, -0.15) is 0 Å². The molecule has 0 aliphatic carbocycles. The van der Waals surface area contributed by atoms with Gasteiger partial charge in [-0.25, -0.2) is 9.18 Å². The number of likely N-dealkylation sites (N-methyl/N-ethyl adjacent to an activating group) is 1. The molecule has 8 nitrogen and oxygen atoms in total. The van der Waals surface area contributed by atoms with Crippen molar-refractivity contribution >= 4 is 23.5 Å². The third-order valence-electron chi connectivity index (χ3n) is 7.70. The molecule has 0 saturated carbocycles. The minimum absolute atomic E-state index is 0.0138. The number of piperazine rings is 1. The Labute approximate surface area is 222 Å². The molecule has 0 radical (unpaired) electrons. The highest BCUT2D eigenvalue weighted by Crippen LogP contribution is 2.36. The molecule has 9 heteroatoms. The SMILES string of the molecule is CN1C(=O)NC(c2ccc(C(C)(C)C)cc2)C2=C1CN(CC(=O)N1CCN(c3ccccc3F)CC1)C2=O. The Morgan fingerprint density at radius 3 is 2.29 bits per heavy atom. The first-order chi connectivity index (χ1) is 18.0. The van der Waals surface area contributed by atoms with E-state index in [2.05, 4.69) is 26.1 Å². The highest BCUT2D eigenvalue weighted by molar-refractivity contribution is 6.03. The van der Waals surface area contributed by atoms with Crippen LogP contribution in [0, 0.1) is 5.82 Å². The Morgan fingerprint density at radius 1 is 1.00 bits per heavy atom. The van der Waals surface area contributed by atoms with Gasteiger partial charge in [0.2, 0.25) is 5.91 Å². The Hall–Kier alpha value is -3.88. The number of amides is 4. The number of nitrogens with one attached hydrogen (secondary N) is 1. The van der Waals surface area contributed by atoms with Gasteiger partial charge < -0.3 is 20.0 Å². The van der Waals surface area contributed by atoms with Gasteiger partial charge in [-0.1, -0.05) is 57.2 Å². The molecule has 1 unspecified atom stereocenters. The van der Waals surface area contributed by atoms with E-state index < -0.39 is 6.04 Å². The van der Waals surface area contributed by atoms with E-state index in [9.17, 15) is 18.8 Å². The predicted molar refractivity (Wildman–Crippen MR) is 143 cm³/mol. The Bertz CT molecular complexity index is 1290. The zero-order valence-corrected chi connectivity index (χ0v) is 22.3. The van der Waals surface area contributed by atoms with Crippen molar-refractivity contribution < 1.29 is 18.8 Å². The van der Waals surface area contributed by atoms with Gasteiger partial charge in [0.15, 0.2) is 0 Å². The molecule has 3 aliphatic rings. The quantitative estimate of drug-likeness (QED) is 0.673. The molecule has 38 heavy (non-hydrogen) atoms. The summed E-state index contributed by atoms with van der Waals surface area (Å²) in [5.41, 5.74) is 3.65. The van der Waals surface area contributed by atoms with Crippen molar-refractivity contribution in [2.24, 2.45) is 0 Å². The maximum absolute atomic E-state index is 14.2. The smallest absolute Gasteiger partial charge is 0.322 e. The van der Waals surface area contributed by atoms with Crippen LogP contribution < -0.4 is 10.2 Å². The molecule has 0 spiro atoms. The Kier molecular flexibility index (Phi) is 6.63. The van der Waals surface area contributed by atoms with Crippen molar-refractivity contribution in [3.63, 3.8) is 0 Å². The monoisotopic (exact) mass is 519 g/mol. The molecule has 200 valence electrons. The van der Waals surface area contributed by atoms with Gasteiger partial charge in [-0.3, -0.25) is 14.5 Å². The molecule has 2 aromatic rings. The fourth-order valence-corrected chi connectivity index (χ4v) is 5.34. The lowest BCUT2D eigenvalue weighted by Crippen LogP contribution is -2.51. The zero-order chi connectivity index (χ0) is 27.2. The third kappa shape index (κ3) is 4.73.